The van der Waals surface area contributed by atoms with E-state index >= 15 is 0 Å². The van der Waals surface area contributed by atoms with Gasteiger partial charge in [0.05, 0.1) is 4.90 Å². The van der Waals surface area contributed by atoms with Gasteiger partial charge in [-0.2, -0.15) is 4.31 Å². The van der Waals surface area contributed by atoms with Gasteiger partial charge in [0.25, 0.3) is 0 Å². The topological polar surface area (TPSA) is 54.5 Å². The molecule has 3 aliphatic rings. The van der Waals surface area contributed by atoms with E-state index in [9.17, 15) is 13.2 Å². The SMILES string of the molecule is CC(=O)c1ccc2c(c1)[C@H]1CCCCC[C@H]3[C@H]1[C@H](C2)CN3S(=O)(=O)c1ccc(C)cc1. The number of fused-ring (bicyclic) bond motifs is 2. The summed E-state index contributed by atoms with van der Waals surface area (Å²) in [5.74, 6) is 1.14. The first-order valence-corrected chi connectivity index (χ1v) is 13.0. The van der Waals surface area contributed by atoms with Crippen molar-refractivity contribution in [2.45, 2.75) is 69.2 Å². The molecule has 4 atom stereocenters. The van der Waals surface area contributed by atoms with Crippen molar-refractivity contribution in [3.05, 3.63) is 64.7 Å². The zero-order valence-corrected chi connectivity index (χ0v) is 19.2. The van der Waals surface area contributed by atoms with Crippen molar-refractivity contribution < 1.29 is 13.2 Å². The molecule has 2 fully saturated rings. The first-order valence-electron chi connectivity index (χ1n) is 11.6. The molecule has 2 aromatic carbocycles. The Morgan fingerprint density at radius 1 is 1.00 bits per heavy atom. The van der Waals surface area contributed by atoms with Gasteiger partial charge in [-0.1, -0.05) is 49.1 Å². The van der Waals surface area contributed by atoms with Crippen LogP contribution < -0.4 is 0 Å². The Kier molecular flexibility index (Phi) is 5.30. The number of carbonyl (C=O) groups excluding carboxylic acids is 1. The van der Waals surface area contributed by atoms with Crippen molar-refractivity contribution in [2.24, 2.45) is 11.8 Å². The third-order valence-corrected chi connectivity index (χ3v) is 9.72. The van der Waals surface area contributed by atoms with Gasteiger partial charge in [-0.05, 0) is 80.2 Å². The lowest BCUT2D eigenvalue weighted by Crippen LogP contribution is -2.40. The van der Waals surface area contributed by atoms with E-state index in [0.29, 0.717) is 29.2 Å². The molecule has 5 rings (SSSR count). The number of carbonyl (C=O) groups is 1. The fourth-order valence-electron chi connectivity index (χ4n) is 6.33. The minimum atomic E-state index is -3.52. The molecule has 0 amide bonds. The zero-order valence-electron chi connectivity index (χ0n) is 18.4. The number of hydrogen-bond acceptors (Lipinski definition) is 3. The highest BCUT2D eigenvalue weighted by Gasteiger charge is 2.52. The monoisotopic (exact) mass is 437 g/mol. The molecule has 31 heavy (non-hydrogen) atoms. The normalized spacial score (nSPS) is 28.3. The van der Waals surface area contributed by atoms with Crippen LogP contribution in [0, 0.1) is 18.8 Å². The summed E-state index contributed by atoms with van der Waals surface area (Å²) in [6.45, 7) is 4.21. The lowest BCUT2D eigenvalue weighted by Gasteiger charge is -2.40. The summed E-state index contributed by atoms with van der Waals surface area (Å²) in [6, 6.07) is 13.5. The van der Waals surface area contributed by atoms with Crippen molar-refractivity contribution in [1.82, 2.24) is 4.31 Å². The fraction of sp³-hybridized carbons (Fsp3) is 0.500. The molecule has 2 aromatic rings. The van der Waals surface area contributed by atoms with E-state index in [2.05, 4.69) is 12.1 Å². The highest BCUT2D eigenvalue weighted by molar-refractivity contribution is 7.89. The fourth-order valence-corrected chi connectivity index (χ4v) is 8.07. The minimum Gasteiger partial charge on any atom is -0.295 e. The van der Waals surface area contributed by atoms with Gasteiger partial charge in [-0.25, -0.2) is 8.42 Å². The van der Waals surface area contributed by atoms with Gasteiger partial charge in [-0.3, -0.25) is 4.79 Å². The molecular weight excluding hydrogens is 406 g/mol. The maximum absolute atomic E-state index is 13.7. The lowest BCUT2D eigenvalue weighted by atomic mass is 9.65. The molecule has 0 aromatic heterocycles. The van der Waals surface area contributed by atoms with Crippen LogP contribution in [0.15, 0.2) is 47.4 Å². The van der Waals surface area contributed by atoms with Crippen LogP contribution in [0.25, 0.3) is 0 Å². The van der Waals surface area contributed by atoms with Gasteiger partial charge < -0.3 is 0 Å². The molecule has 1 heterocycles. The van der Waals surface area contributed by atoms with Crippen LogP contribution in [-0.2, 0) is 16.4 Å². The number of hydrogen-bond donors (Lipinski definition) is 0. The summed E-state index contributed by atoms with van der Waals surface area (Å²) in [5.41, 5.74) is 4.45. The van der Waals surface area contributed by atoms with Gasteiger partial charge in [0.1, 0.15) is 0 Å². The highest BCUT2D eigenvalue weighted by atomic mass is 32.2. The summed E-state index contributed by atoms with van der Waals surface area (Å²) in [5, 5.41) is 0. The second kappa shape index (κ2) is 7.86. The molecule has 0 N–H and O–H groups in total. The molecule has 1 saturated heterocycles. The molecule has 2 aliphatic carbocycles. The van der Waals surface area contributed by atoms with E-state index in [1.165, 1.54) is 17.5 Å². The molecule has 1 saturated carbocycles. The van der Waals surface area contributed by atoms with Crippen LogP contribution in [0.4, 0.5) is 0 Å². The van der Waals surface area contributed by atoms with Crippen LogP contribution in [-0.4, -0.2) is 31.1 Å². The Hall–Kier alpha value is -1.98. The number of sulfonamides is 1. The largest absolute Gasteiger partial charge is 0.295 e. The lowest BCUT2D eigenvalue weighted by molar-refractivity contribution is 0.101. The number of Topliss-reactive ketones (excluding diaryl/α,β-unsaturated/α-hetero) is 1. The second-order valence-corrected chi connectivity index (χ2v) is 11.6. The van der Waals surface area contributed by atoms with E-state index in [1.807, 2.05) is 29.4 Å². The van der Waals surface area contributed by atoms with Gasteiger partial charge in [-0.15, -0.1) is 0 Å². The summed E-state index contributed by atoms with van der Waals surface area (Å²) in [7, 11) is -3.52. The predicted molar refractivity (Wildman–Crippen MR) is 122 cm³/mol. The molecular formula is C26H31NO3S. The van der Waals surface area contributed by atoms with Crippen LogP contribution in [0.2, 0.25) is 0 Å². The Balaban J connectivity index is 1.56. The summed E-state index contributed by atoms with van der Waals surface area (Å²) in [6.07, 6.45) is 6.33. The average Bonchev–Trinajstić information content (AvgIpc) is 3.09. The smallest absolute Gasteiger partial charge is 0.243 e. The first kappa shape index (κ1) is 20.9. The summed E-state index contributed by atoms with van der Waals surface area (Å²) in [4.78, 5) is 12.4. The maximum atomic E-state index is 13.7. The standard InChI is InChI=1S/C26H31NO3S/c1-17-8-12-22(13-9-17)31(29,30)27-16-21-14-20-11-10-19(18(2)28)15-24(20)23-6-4-3-5-7-25(27)26(21)23/h8-13,15,21,23,25-26H,3-7,14,16H2,1-2H3/t21-,23-,25+,26+/m1/s1. The van der Waals surface area contributed by atoms with Gasteiger partial charge in [0.2, 0.25) is 10.0 Å². The Labute approximate surface area is 185 Å². The molecule has 0 bridgehead atoms. The van der Waals surface area contributed by atoms with Crippen molar-refractivity contribution in [1.29, 1.82) is 0 Å². The maximum Gasteiger partial charge on any atom is 0.243 e. The molecule has 0 radical (unpaired) electrons. The van der Waals surface area contributed by atoms with E-state index in [0.717, 1.165) is 43.2 Å². The molecule has 5 heteroatoms. The van der Waals surface area contributed by atoms with Crippen LogP contribution in [0.3, 0.4) is 0 Å². The minimum absolute atomic E-state index is 0.0516. The van der Waals surface area contributed by atoms with Crippen molar-refractivity contribution in [2.75, 3.05) is 6.54 Å². The molecule has 164 valence electrons. The number of aryl methyl sites for hydroxylation is 1. The molecule has 4 nitrogen and oxygen atoms in total. The van der Waals surface area contributed by atoms with E-state index in [1.54, 1.807) is 19.1 Å². The van der Waals surface area contributed by atoms with Crippen molar-refractivity contribution >= 4 is 15.8 Å². The van der Waals surface area contributed by atoms with Crippen LogP contribution >= 0.6 is 0 Å². The van der Waals surface area contributed by atoms with Crippen LogP contribution in [0.1, 0.15) is 72.0 Å². The molecule has 0 unspecified atom stereocenters. The quantitative estimate of drug-likeness (QED) is 0.627. The van der Waals surface area contributed by atoms with Crippen molar-refractivity contribution in [3.63, 3.8) is 0 Å². The Morgan fingerprint density at radius 3 is 2.48 bits per heavy atom. The molecule has 0 spiro atoms. The number of benzene rings is 2. The highest BCUT2D eigenvalue weighted by Crippen LogP contribution is 2.52. The zero-order chi connectivity index (χ0) is 21.8. The van der Waals surface area contributed by atoms with E-state index < -0.39 is 10.0 Å². The number of rotatable bonds is 3. The average molecular weight is 438 g/mol. The number of nitrogens with zero attached hydrogens (tertiary/aromatic N) is 1. The third kappa shape index (κ3) is 3.56. The third-order valence-electron chi connectivity index (χ3n) is 7.81. The Morgan fingerprint density at radius 2 is 1.74 bits per heavy atom. The van der Waals surface area contributed by atoms with Gasteiger partial charge >= 0.3 is 0 Å². The van der Waals surface area contributed by atoms with Gasteiger partial charge in [0.15, 0.2) is 5.78 Å². The number of ketones is 1. The van der Waals surface area contributed by atoms with Crippen LogP contribution in [0.5, 0.6) is 0 Å². The first-order chi connectivity index (χ1) is 14.9. The van der Waals surface area contributed by atoms with E-state index in [-0.39, 0.29) is 11.8 Å². The van der Waals surface area contributed by atoms with Crippen molar-refractivity contribution in [3.8, 4) is 0 Å². The summed E-state index contributed by atoms with van der Waals surface area (Å²) >= 11 is 0. The van der Waals surface area contributed by atoms with E-state index in [4.69, 9.17) is 0 Å². The predicted octanol–water partition coefficient (Wildman–Crippen LogP) is 5.11. The summed E-state index contributed by atoms with van der Waals surface area (Å²) < 4.78 is 29.2. The van der Waals surface area contributed by atoms with Gasteiger partial charge in [0, 0.05) is 18.2 Å². The molecule has 1 aliphatic heterocycles. The second-order valence-electron chi connectivity index (χ2n) is 9.71. The Bertz CT molecular complexity index is 1110.